The maximum atomic E-state index is 12.5. The van der Waals surface area contributed by atoms with Crippen molar-refractivity contribution < 1.29 is 18.7 Å². The summed E-state index contributed by atoms with van der Waals surface area (Å²) in [5.41, 5.74) is 0.380. The van der Waals surface area contributed by atoms with Crippen LogP contribution in [0.15, 0.2) is 50.4 Å². The molecule has 0 spiro atoms. The highest BCUT2D eigenvalue weighted by Gasteiger charge is 2.15. The zero-order valence-electron chi connectivity index (χ0n) is 13.1. The van der Waals surface area contributed by atoms with E-state index in [0.717, 1.165) is 0 Å². The molecule has 8 heteroatoms. The Bertz CT molecular complexity index is 1020. The number of nitrogens with one attached hydrogen (secondary N) is 2. The summed E-state index contributed by atoms with van der Waals surface area (Å²) in [5, 5.41) is 2.91. The second-order valence-corrected chi connectivity index (χ2v) is 5.85. The number of H-pyrrole nitrogens is 1. The number of halogens is 1. The normalized spacial score (nSPS) is 10.6. The number of anilines is 1. The van der Waals surface area contributed by atoms with E-state index in [1.54, 1.807) is 25.1 Å². The Morgan fingerprint density at radius 2 is 2.08 bits per heavy atom. The van der Waals surface area contributed by atoms with Gasteiger partial charge in [-0.25, -0.2) is 4.79 Å². The summed E-state index contributed by atoms with van der Waals surface area (Å²) in [7, 11) is 0. The zero-order valence-corrected chi connectivity index (χ0v) is 14.7. The van der Waals surface area contributed by atoms with Crippen molar-refractivity contribution in [3.8, 4) is 0 Å². The van der Waals surface area contributed by atoms with E-state index in [9.17, 15) is 14.4 Å². The lowest BCUT2D eigenvalue weighted by Crippen LogP contribution is -2.18. The summed E-state index contributed by atoms with van der Waals surface area (Å²) in [6.07, 6.45) is 1.32. The quantitative estimate of drug-likeness (QED) is 0.649. The minimum atomic E-state index is -0.694. The van der Waals surface area contributed by atoms with Crippen LogP contribution in [0.3, 0.4) is 0 Å². The lowest BCUT2D eigenvalue weighted by molar-refractivity contribution is 0.0524. The molecule has 0 unspecified atom stereocenters. The van der Waals surface area contributed by atoms with Crippen LogP contribution in [0.4, 0.5) is 5.69 Å². The highest BCUT2D eigenvalue weighted by Crippen LogP contribution is 2.18. The molecule has 0 radical (unpaired) electrons. The largest absolute Gasteiger partial charge is 0.462 e. The molecule has 25 heavy (non-hydrogen) atoms. The summed E-state index contributed by atoms with van der Waals surface area (Å²) in [5.74, 6) is -1.02. The van der Waals surface area contributed by atoms with Crippen LogP contribution < -0.4 is 10.7 Å². The maximum Gasteiger partial charge on any atom is 0.343 e. The van der Waals surface area contributed by atoms with Gasteiger partial charge in [0.15, 0.2) is 10.4 Å². The number of furan rings is 1. The highest BCUT2D eigenvalue weighted by atomic mass is 79.9. The topological polar surface area (TPSA) is 101 Å². The van der Waals surface area contributed by atoms with E-state index in [1.165, 1.54) is 18.3 Å². The van der Waals surface area contributed by atoms with E-state index < -0.39 is 17.3 Å². The van der Waals surface area contributed by atoms with E-state index >= 15 is 0 Å². The number of fused-ring (bicyclic) bond motifs is 1. The predicted molar refractivity (Wildman–Crippen MR) is 94.9 cm³/mol. The fourth-order valence-electron chi connectivity index (χ4n) is 2.29. The van der Waals surface area contributed by atoms with Crippen LogP contribution in [0.5, 0.6) is 0 Å². The van der Waals surface area contributed by atoms with Gasteiger partial charge in [0.2, 0.25) is 5.43 Å². The number of amides is 1. The van der Waals surface area contributed by atoms with Crippen molar-refractivity contribution in [1.29, 1.82) is 0 Å². The first kappa shape index (κ1) is 17.0. The third kappa shape index (κ3) is 3.48. The Hall–Kier alpha value is -2.87. The Morgan fingerprint density at radius 1 is 1.28 bits per heavy atom. The number of hydrogen-bond donors (Lipinski definition) is 2. The fraction of sp³-hybridized carbons (Fsp3) is 0.118. The minimum absolute atomic E-state index is 0.0900. The molecule has 0 aliphatic carbocycles. The van der Waals surface area contributed by atoms with Crippen molar-refractivity contribution in [3.63, 3.8) is 0 Å². The molecule has 1 amide bonds. The third-order valence-corrected chi connectivity index (χ3v) is 3.86. The number of carbonyl (C=O) groups excluding carboxylic acids is 2. The molecule has 2 N–H and O–H groups in total. The molecule has 0 fully saturated rings. The number of aromatic amines is 1. The Kier molecular flexibility index (Phi) is 4.71. The van der Waals surface area contributed by atoms with Gasteiger partial charge in [-0.05, 0) is 53.2 Å². The molecule has 3 aromatic rings. The third-order valence-electron chi connectivity index (χ3n) is 3.43. The minimum Gasteiger partial charge on any atom is -0.462 e. The number of hydrogen-bond acceptors (Lipinski definition) is 5. The van der Waals surface area contributed by atoms with E-state index in [0.29, 0.717) is 15.9 Å². The second-order valence-electron chi connectivity index (χ2n) is 5.07. The van der Waals surface area contributed by atoms with E-state index in [2.05, 4.69) is 26.2 Å². The first-order valence-corrected chi connectivity index (χ1v) is 8.18. The first-order valence-electron chi connectivity index (χ1n) is 7.39. The standard InChI is InChI=1S/C17H13BrN2O5/c1-2-24-17(23)11-8-19-12-4-3-9(7-10(12)15(11)21)20-16(22)13-5-6-14(18)25-13/h3-8H,2H2,1H3,(H,19,21)(H,20,22). The molecule has 3 rings (SSSR count). The van der Waals surface area contributed by atoms with Crippen LogP contribution in [-0.2, 0) is 4.74 Å². The molecule has 2 heterocycles. The lowest BCUT2D eigenvalue weighted by Gasteiger charge is -2.06. The second kappa shape index (κ2) is 6.94. The van der Waals surface area contributed by atoms with Crippen LogP contribution >= 0.6 is 15.9 Å². The summed E-state index contributed by atoms with van der Waals surface area (Å²) < 4.78 is 10.5. The highest BCUT2D eigenvalue weighted by molar-refractivity contribution is 9.10. The molecule has 0 aliphatic rings. The number of carbonyl (C=O) groups is 2. The smallest absolute Gasteiger partial charge is 0.343 e. The Morgan fingerprint density at radius 3 is 2.76 bits per heavy atom. The summed E-state index contributed by atoms with van der Waals surface area (Å²) >= 11 is 3.13. The van der Waals surface area contributed by atoms with Crippen LogP contribution in [0.1, 0.15) is 27.8 Å². The number of pyridine rings is 1. The molecule has 0 bridgehead atoms. The van der Waals surface area contributed by atoms with Gasteiger partial charge in [-0.1, -0.05) is 0 Å². The fourth-order valence-corrected chi connectivity index (χ4v) is 2.59. The van der Waals surface area contributed by atoms with Crippen molar-refractivity contribution >= 4 is 44.4 Å². The number of aromatic nitrogens is 1. The van der Waals surface area contributed by atoms with E-state index in [1.807, 2.05) is 0 Å². The summed E-state index contributed by atoms with van der Waals surface area (Å²) in [6, 6.07) is 7.89. The lowest BCUT2D eigenvalue weighted by atomic mass is 10.1. The monoisotopic (exact) mass is 404 g/mol. The van der Waals surface area contributed by atoms with E-state index in [-0.39, 0.29) is 23.3 Å². The van der Waals surface area contributed by atoms with Crippen molar-refractivity contribution in [2.24, 2.45) is 0 Å². The zero-order chi connectivity index (χ0) is 18.0. The molecule has 2 aromatic heterocycles. The Balaban J connectivity index is 1.95. The molecule has 0 atom stereocenters. The van der Waals surface area contributed by atoms with Gasteiger partial charge in [0.1, 0.15) is 5.56 Å². The summed E-state index contributed by atoms with van der Waals surface area (Å²) in [4.78, 5) is 39.3. The van der Waals surface area contributed by atoms with Crippen molar-refractivity contribution in [1.82, 2.24) is 4.98 Å². The van der Waals surface area contributed by atoms with Gasteiger partial charge in [0.05, 0.1) is 6.61 Å². The predicted octanol–water partition coefficient (Wildman–Crippen LogP) is 3.31. The van der Waals surface area contributed by atoms with Gasteiger partial charge in [-0.2, -0.15) is 0 Å². The van der Waals surface area contributed by atoms with Gasteiger partial charge < -0.3 is 19.5 Å². The SMILES string of the molecule is CCOC(=O)c1c[nH]c2ccc(NC(=O)c3ccc(Br)o3)cc2c1=O. The summed E-state index contributed by atoms with van der Waals surface area (Å²) in [6.45, 7) is 1.83. The van der Waals surface area contributed by atoms with Crippen molar-refractivity contribution in [3.05, 3.63) is 62.7 Å². The average Bonchev–Trinajstić information content (AvgIpc) is 3.02. The van der Waals surface area contributed by atoms with Crippen LogP contribution in [0.2, 0.25) is 0 Å². The molecule has 0 saturated heterocycles. The van der Waals surface area contributed by atoms with Gasteiger partial charge in [-0.3, -0.25) is 9.59 Å². The molecule has 7 nitrogen and oxygen atoms in total. The van der Waals surface area contributed by atoms with Gasteiger partial charge in [-0.15, -0.1) is 0 Å². The molecule has 1 aromatic carbocycles. The van der Waals surface area contributed by atoms with Crippen LogP contribution in [-0.4, -0.2) is 23.5 Å². The molecule has 0 aliphatic heterocycles. The number of ether oxygens (including phenoxy) is 1. The van der Waals surface area contributed by atoms with Gasteiger partial charge in [0, 0.05) is 22.8 Å². The van der Waals surface area contributed by atoms with Gasteiger partial charge in [0.25, 0.3) is 5.91 Å². The van der Waals surface area contributed by atoms with Crippen LogP contribution in [0.25, 0.3) is 10.9 Å². The molecular formula is C17H13BrN2O5. The van der Waals surface area contributed by atoms with E-state index in [4.69, 9.17) is 9.15 Å². The average molecular weight is 405 g/mol. The number of esters is 1. The Labute approximate surface area is 150 Å². The van der Waals surface area contributed by atoms with Crippen molar-refractivity contribution in [2.75, 3.05) is 11.9 Å². The van der Waals surface area contributed by atoms with Crippen LogP contribution in [0, 0.1) is 0 Å². The van der Waals surface area contributed by atoms with Crippen molar-refractivity contribution in [2.45, 2.75) is 6.92 Å². The molecular weight excluding hydrogens is 392 g/mol. The van der Waals surface area contributed by atoms with Gasteiger partial charge >= 0.3 is 5.97 Å². The number of benzene rings is 1. The molecule has 0 saturated carbocycles. The number of rotatable bonds is 4. The first-order chi connectivity index (χ1) is 12.0. The maximum absolute atomic E-state index is 12.5. The molecule has 128 valence electrons.